The van der Waals surface area contributed by atoms with Crippen LogP contribution in [0.15, 0.2) is 12.1 Å². The van der Waals surface area contributed by atoms with Gasteiger partial charge in [0, 0.05) is 12.5 Å². The minimum atomic E-state index is -0.729. The minimum absolute atomic E-state index is 0.0800. The van der Waals surface area contributed by atoms with Gasteiger partial charge in [-0.3, -0.25) is 4.79 Å². The van der Waals surface area contributed by atoms with Gasteiger partial charge in [0.05, 0.1) is 5.56 Å². The Labute approximate surface area is 68.0 Å². The topological polar surface area (TPSA) is 17.1 Å². The highest BCUT2D eigenvalue weighted by Crippen LogP contribution is 2.25. The molecule has 1 aromatic rings. The number of carbonyl (C=O) groups excluding carboxylic acids is 1. The van der Waals surface area contributed by atoms with Crippen molar-refractivity contribution < 1.29 is 13.6 Å². The number of benzene rings is 1. The highest BCUT2D eigenvalue weighted by atomic mass is 19.1. The number of carbonyl (C=O) groups is 1. The molecule has 0 amide bonds. The summed E-state index contributed by atoms with van der Waals surface area (Å²) in [5, 5.41) is 0. The molecule has 12 heavy (non-hydrogen) atoms. The molecule has 0 N–H and O–H groups in total. The molecule has 1 aromatic carbocycles. The summed E-state index contributed by atoms with van der Waals surface area (Å²) in [5.74, 6) is -1.56. The number of aryl methyl sites for hydroxylation is 1. The maximum Gasteiger partial charge on any atom is 0.166 e. The van der Waals surface area contributed by atoms with Crippen molar-refractivity contribution in [1.82, 2.24) is 0 Å². The van der Waals surface area contributed by atoms with Crippen molar-refractivity contribution in [2.24, 2.45) is 0 Å². The fraction of sp³-hybridized carbons (Fsp3) is 0.222. The van der Waals surface area contributed by atoms with Crippen LogP contribution in [0.5, 0.6) is 0 Å². The molecule has 0 unspecified atom stereocenters. The molecule has 1 aliphatic rings. The molecule has 0 radical (unpaired) electrons. The molecule has 1 aliphatic carbocycles. The van der Waals surface area contributed by atoms with E-state index in [9.17, 15) is 13.6 Å². The highest BCUT2D eigenvalue weighted by Gasteiger charge is 2.23. The quantitative estimate of drug-likeness (QED) is 0.579. The van der Waals surface area contributed by atoms with Crippen LogP contribution in [0.3, 0.4) is 0 Å². The van der Waals surface area contributed by atoms with Gasteiger partial charge in [0.1, 0.15) is 11.6 Å². The van der Waals surface area contributed by atoms with Crippen LogP contribution in [0.1, 0.15) is 22.3 Å². The molecular formula is C9H6F2O. The van der Waals surface area contributed by atoms with E-state index in [0.717, 1.165) is 6.07 Å². The Kier molecular flexibility index (Phi) is 1.46. The number of hydrogen-bond acceptors (Lipinski definition) is 1. The van der Waals surface area contributed by atoms with Gasteiger partial charge in [0.15, 0.2) is 5.78 Å². The standard InChI is InChI=1S/C9H6F2O/c10-6-3-5-1-2-8(12)9(5)7(11)4-6/h3-4H,1-2H2. The lowest BCUT2D eigenvalue weighted by molar-refractivity contribution is 0.0991. The fourth-order valence-corrected chi connectivity index (χ4v) is 1.51. The largest absolute Gasteiger partial charge is 0.294 e. The molecule has 0 aliphatic heterocycles. The molecule has 3 heteroatoms. The summed E-state index contributed by atoms with van der Waals surface area (Å²) in [7, 11) is 0. The second kappa shape index (κ2) is 2.37. The molecule has 0 heterocycles. The average Bonchev–Trinajstić information content (AvgIpc) is 2.31. The van der Waals surface area contributed by atoms with Crippen molar-refractivity contribution in [3.05, 3.63) is 34.9 Å². The van der Waals surface area contributed by atoms with E-state index in [-0.39, 0.29) is 11.3 Å². The zero-order valence-corrected chi connectivity index (χ0v) is 6.23. The van der Waals surface area contributed by atoms with Gasteiger partial charge in [-0.2, -0.15) is 0 Å². The molecule has 0 bridgehead atoms. The van der Waals surface area contributed by atoms with Crippen molar-refractivity contribution in [3.63, 3.8) is 0 Å². The van der Waals surface area contributed by atoms with Crippen molar-refractivity contribution in [3.8, 4) is 0 Å². The second-order valence-electron chi connectivity index (χ2n) is 2.84. The smallest absolute Gasteiger partial charge is 0.166 e. The number of Topliss-reactive ketones (excluding diaryl/α,β-unsaturated/α-hetero) is 1. The van der Waals surface area contributed by atoms with E-state index in [0.29, 0.717) is 18.4 Å². The lowest BCUT2D eigenvalue weighted by atomic mass is 10.1. The molecule has 0 aromatic heterocycles. The minimum Gasteiger partial charge on any atom is -0.294 e. The number of rotatable bonds is 0. The van der Waals surface area contributed by atoms with Crippen molar-refractivity contribution in [1.29, 1.82) is 0 Å². The van der Waals surface area contributed by atoms with Crippen LogP contribution >= 0.6 is 0 Å². The monoisotopic (exact) mass is 168 g/mol. The maximum absolute atomic E-state index is 12.9. The Morgan fingerprint density at radius 1 is 1.17 bits per heavy atom. The first-order valence-electron chi connectivity index (χ1n) is 3.69. The van der Waals surface area contributed by atoms with Crippen molar-refractivity contribution in [2.75, 3.05) is 0 Å². The van der Waals surface area contributed by atoms with Gasteiger partial charge in [-0.25, -0.2) is 8.78 Å². The van der Waals surface area contributed by atoms with Gasteiger partial charge in [-0.15, -0.1) is 0 Å². The van der Waals surface area contributed by atoms with E-state index in [2.05, 4.69) is 0 Å². The lowest BCUT2D eigenvalue weighted by Crippen LogP contribution is -1.96. The van der Waals surface area contributed by atoms with E-state index in [1.165, 1.54) is 6.07 Å². The van der Waals surface area contributed by atoms with Crippen LogP contribution in [0.25, 0.3) is 0 Å². The summed E-state index contributed by atoms with van der Waals surface area (Å²) < 4.78 is 25.5. The third-order valence-corrected chi connectivity index (χ3v) is 2.04. The Morgan fingerprint density at radius 2 is 1.92 bits per heavy atom. The Bertz CT molecular complexity index is 358. The van der Waals surface area contributed by atoms with Gasteiger partial charge < -0.3 is 0 Å². The van der Waals surface area contributed by atoms with Gasteiger partial charge in [0.25, 0.3) is 0 Å². The Morgan fingerprint density at radius 3 is 2.67 bits per heavy atom. The normalized spacial score (nSPS) is 15.0. The number of fused-ring (bicyclic) bond motifs is 1. The van der Waals surface area contributed by atoms with Crippen molar-refractivity contribution in [2.45, 2.75) is 12.8 Å². The fourth-order valence-electron chi connectivity index (χ4n) is 1.51. The Hall–Kier alpha value is -1.25. The Balaban J connectivity index is 2.68. The van der Waals surface area contributed by atoms with E-state index in [1.54, 1.807) is 0 Å². The van der Waals surface area contributed by atoms with Crippen LogP contribution in [0, 0.1) is 11.6 Å². The molecule has 0 spiro atoms. The molecule has 1 nitrogen and oxygen atoms in total. The third-order valence-electron chi connectivity index (χ3n) is 2.04. The van der Waals surface area contributed by atoms with Crippen LogP contribution in [0.4, 0.5) is 8.78 Å². The molecule has 0 fully saturated rings. The SMILES string of the molecule is O=C1CCc2cc(F)cc(F)c21. The van der Waals surface area contributed by atoms with E-state index in [4.69, 9.17) is 0 Å². The maximum atomic E-state index is 12.9. The summed E-state index contributed by atoms with van der Waals surface area (Å²) in [5.41, 5.74) is 0.578. The van der Waals surface area contributed by atoms with Crippen LogP contribution in [-0.2, 0) is 6.42 Å². The average molecular weight is 168 g/mol. The van der Waals surface area contributed by atoms with E-state index >= 15 is 0 Å². The highest BCUT2D eigenvalue weighted by molar-refractivity contribution is 6.00. The summed E-state index contributed by atoms with van der Waals surface area (Å²) in [6.45, 7) is 0. The molecule has 2 rings (SSSR count). The predicted molar refractivity (Wildman–Crippen MR) is 39.0 cm³/mol. The molecule has 62 valence electrons. The van der Waals surface area contributed by atoms with Gasteiger partial charge in [-0.1, -0.05) is 0 Å². The second-order valence-corrected chi connectivity index (χ2v) is 2.84. The summed E-state index contributed by atoms with van der Waals surface area (Å²) >= 11 is 0. The molecule has 0 saturated carbocycles. The summed E-state index contributed by atoms with van der Waals surface area (Å²) in [4.78, 5) is 11.0. The lowest BCUT2D eigenvalue weighted by Gasteiger charge is -1.98. The number of hydrogen-bond donors (Lipinski definition) is 0. The van der Waals surface area contributed by atoms with Gasteiger partial charge in [-0.05, 0) is 18.1 Å². The molecule has 0 saturated heterocycles. The first-order chi connectivity index (χ1) is 5.68. The van der Waals surface area contributed by atoms with Crippen LogP contribution in [-0.4, -0.2) is 5.78 Å². The van der Waals surface area contributed by atoms with Crippen LogP contribution in [0.2, 0.25) is 0 Å². The summed E-state index contributed by atoms with van der Waals surface area (Å²) in [6, 6.07) is 1.98. The molecule has 0 atom stereocenters. The van der Waals surface area contributed by atoms with Gasteiger partial charge in [0.2, 0.25) is 0 Å². The first kappa shape index (κ1) is 7.40. The zero-order chi connectivity index (χ0) is 8.72. The third kappa shape index (κ3) is 0.932. The molecular weight excluding hydrogens is 162 g/mol. The summed E-state index contributed by atoms with van der Waals surface area (Å²) in [6.07, 6.45) is 0.762. The number of halogens is 2. The van der Waals surface area contributed by atoms with Crippen LogP contribution < -0.4 is 0 Å². The van der Waals surface area contributed by atoms with E-state index in [1.807, 2.05) is 0 Å². The predicted octanol–water partition coefficient (Wildman–Crippen LogP) is 2.09. The first-order valence-corrected chi connectivity index (χ1v) is 3.69. The van der Waals surface area contributed by atoms with Crippen molar-refractivity contribution >= 4 is 5.78 Å². The number of ketones is 1. The van der Waals surface area contributed by atoms with Gasteiger partial charge >= 0.3 is 0 Å². The zero-order valence-electron chi connectivity index (χ0n) is 6.23. The van der Waals surface area contributed by atoms with E-state index < -0.39 is 11.6 Å².